The Labute approximate surface area is 148 Å². The summed E-state index contributed by atoms with van der Waals surface area (Å²) in [6, 6.07) is 4.67. The summed E-state index contributed by atoms with van der Waals surface area (Å²) >= 11 is 1.45. The largest absolute Gasteiger partial charge is 0.480 e. The minimum Gasteiger partial charge on any atom is -0.480 e. The molecular formula is C17H16N2O5S. The Kier molecular flexibility index (Phi) is 3.79. The molecule has 0 unspecified atom stereocenters. The quantitative estimate of drug-likeness (QED) is 0.796. The minimum atomic E-state index is -1.05. The van der Waals surface area contributed by atoms with E-state index in [2.05, 4.69) is 0 Å². The summed E-state index contributed by atoms with van der Waals surface area (Å²) in [6.45, 7) is 0. The van der Waals surface area contributed by atoms with Gasteiger partial charge in [-0.3, -0.25) is 19.3 Å². The zero-order valence-corrected chi connectivity index (χ0v) is 14.1. The molecule has 0 aromatic heterocycles. The molecule has 0 bridgehead atoms. The summed E-state index contributed by atoms with van der Waals surface area (Å²) in [5.74, 6) is -2.10. The van der Waals surface area contributed by atoms with Crippen molar-refractivity contribution in [3.63, 3.8) is 0 Å². The van der Waals surface area contributed by atoms with Crippen molar-refractivity contribution in [2.75, 3.05) is 5.75 Å². The molecule has 3 aliphatic rings. The SMILES string of the molecule is O=C(O)[C@@H]1CS[C@@H]2CCC[C@H](N3C(=O)c4ccccc4C3=O)C(=O)N21. The number of imide groups is 1. The number of rotatable bonds is 2. The number of carbonyl (C=O) groups is 4. The molecule has 0 spiro atoms. The number of thioether (sulfide) groups is 1. The summed E-state index contributed by atoms with van der Waals surface area (Å²) in [7, 11) is 0. The highest BCUT2D eigenvalue weighted by Crippen LogP contribution is 2.38. The van der Waals surface area contributed by atoms with E-state index in [0.29, 0.717) is 36.1 Å². The molecule has 2 fully saturated rings. The molecule has 0 radical (unpaired) electrons. The van der Waals surface area contributed by atoms with Gasteiger partial charge in [0.05, 0.1) is 16.5 Å². The number of fused-ring (bicyclic) bond motifs is 2. The van der Waals surface area contributed by atoms with Gasteiger partial charge in [-0.05, 0) is 31.4 Å². The highest BCUT2D eigenvalue weighted by atomic mass is 32.2. The molecule has 25 heavy (non-hydrogen) atoms. The van der Waals surface area contributed by atoms with Crippen LogP contribution >= 0.6 is 11.8 Å². The van der Waals surface area contributed by atoms with E-state index in [4.69, 9.17) is 0 Å². The van der Waals surface area contributed by atoms with Crippen LogP contribution in [-0.4, -0.2) is 61.8 Å². The molecule has 1 aromatic rings. The Morgan fingerprint density at radius 2 is 1.72 bits per heavy atom. The van der Waals surface area contributed by atoms with Gasteiger partial charge >= 0.3 is 5.97 Å². The molecule has 3 aliphatic heterocycles. The average Bonchev–Trinajstić information content (AvgIpc) is 3.08. The molecule has 4 rings (SSSR count). The molecule has 0 aliphatic carbocycles. The number of carboxylic acids is 1. The second-order valence-corrected chi connectivity index (χ2v) is 7.57. The van der Waals surface area contributed by atoms with Gasteiger partial charge in [0, 0.05) is 5.75 Å². The lowest BCUT2D eigenvalue weighted by Crippen LogP contribution is -2.54. The van der Waals surface area contributed by atoms with E-state index in [9.17, 15) is 24.3 Å². The fourth-order valence-electron chi connectivity index (χ4n) is 3.78. The third-order valence-electron chi connectivity index (χ3n) is 4.98. The molecule has 130 valence electrons. The zero-order valence-electron chi connectivity index (χ0n) is 13.3. The molecular weight excluding hydrogens is 344 g/mol. The lowest BCUT2D eigenvalue weighted by Gasteiger charge is -2.31. The van der Waals surface area contributed by atoms with Crippen LogP contribution < -0.4 is 0 Å². The number of amides is 3. The van der Waals surface area contributed by atoms with Crippen LogP contribution in [-0.2, 0) is 9.59 Å². The average molecular weight is 360 g/mol. The predicted octanol–water partition coefficient (Wildman–Crippen LogP) is 1.19. The maximum Gasteiger partial charge on any atom is 0.327 e. The van der Waals surface area contributed by atoms with Gasteiger partial charge < -0.3 is 10.0 Å². The van der Waals surface area contributed by atoms with Crippen molar-refractivity contribution >= 4 is 35.5 Å². The minimum absolute atomic E-state index is 0.200. The Balaban J connectivity index is 1.69. The molecule has 1 N–H and O–H groups in total. The Morgan fingerprint density at radius 3 is 2.32 bits per heavy atom. The fraction of sp³-hybridized carbons (Fsp3) is 0.412. The summed E-state index contributed by atoms with van der Waals surface area (Å²) < 4.78 is 0. The van der Waals surface area contributed by atoms with E-state index in [1.807, 2.05) is 0 Å². The van der Waals surface area contributed by atoms with Gasteiger partial charge in [0.2, 0.25) is 5.91 Å². The van der Waals surface area contributed by atoms with Crippen molar-refractivity contribution in [3.05, 3.63) is 35.4 Å². The van der Waals surface area contributed by atoms with Gasteiger partial charge in [-0.1, -0.05) is 12.1 Å². The molecule has 3 amide bonds. The summed E-state index contributed by atoms with van der Waals surface area (Å²) in [6.07, 6.45) is 1.69. The fourth-order valence-corrected chi connectivity index (χ4v) is 5.24. The highest BCUT2D eigenvalue weighted by Gasteiger charge is 2.50. The zero-order chi connectivity index (χ0) is 17.7. The van der Waals surface area contributed by atoms with Crippen molar-refractivity contribution in [2.24, 2.45) is 0 Å². The monoisotopic (exact) mass is 360 g/mol. The predicted molar refractivity (Wildman–Crippen MR) is 89.1 cm³/mol. The van der Waals surface area contributed by atoms with Crippen molar-refractivity contribution in [1.29, 1.82) is 0 Å². The van der Waals surface area contributed by atoms with Crippen LogP contribution in [0.15, 0.2) is 24.3 Å². The number of benzene rings is 1. The number of hydrogen-bond acceptors (Lipinski definition) is 5. The molecule has 7 nitrogen and oxygen atoms in total. The normalized spacial score (nSPS) is 28.8. The first kappa shape index (κ1) is 16.1. The van der Waals surface area contributed by atoms with Gasteiger partial charge in [0.1, 0.15) is 12.1 Å². The van der Waals surface area contributed by atoms with E-state index < -0.39 is 35.8 Å². The topological polar surface area (TPSA) is 95.0 Å². The maximum absolute atomic E-state index is 13.1. The van der Waals surface area contributed by atoms with Crippen LogP contribution in [0.3, 0.4) is 0 Å². The second-order valence-electron chi connectivity index (χ2n) is 6.36. The van der Waals surface area contributed by atoms with Gasteiger partial charge in [0.15, 0.2) is 0 Å². The van der Waals surface area contributed by atoms with Crippen molar-refractivity contribution < 1.29 is 24.3 Å². The third-order valence-corrected chi connectivity index (χ3v) is 6.34. The van der Waals surface area contributed by atoms with Crippen LogP contribution in [0.1, 0.15) is 40.0 Å². The first-order valence-corrected chi connectivity index (χ1v) is 9.19. The third kappa shape index (κ3) is 2.35. The van der Waals surface area contributed by atoms with Gasteiger partial charge in [-0.25, -0.2) is 4.79 Å². The molecule has 0 saturated carbocycles. The van der Waals surface area contributed by atoms with Crippen LogP contribution in [0.5, 0.6) is 0 Å². The molecule has 8 heteroatoms. The number of carbonyl (C=O) groups excluding carboxylic acids is 3. The smallest absolute Gasteiger partial charge is 0.327 e. The number of hydrogen-bond donors (Lipinski definition) is 1. The molecule has 1 aromatic carbocycles. The van der Waals surface area contributed by atoms with E-state index in [1.165, 1.54) is 16.7 Å². The lowest BCUT2D eigenvalue weighted by atomic mass is 10.1. The van der Waals surface area contributed by atoms with Crippen molar-refractivity contribution in [3.8, 4) is 0 Å². The van der Waals surface area contributed by atoms with E-state index in [0.717, 1.165) is 4.90 Å². The van der Waals surface area contributed by atoms with Crippen LogP contribution in [0.2, 0.25) is 0 Å². The van der Waals surface area contributed by atoms with Gasteiger partial charge in [-0.15, -0.1) is 11.8 Å². The molecule has 3 atom stereocenters. The van der Waals surface area contributed by atoms with Crippen LogP contribution in [0, 0.1) is 0 Å². The van der Waals surface area contributed by atoms with Gasteiger partial charge in [0.25, 0.3) is 11.8 Å². The number of carboxylic acid groups (broad SMARTS) is 1. The molecule has 2 saturated heterocycles. The molecule has 3 heterocycles. The maximum atomic E-state index is 13.1. The number of aliphatic carboxylic acids is 1. The van der Waals surface area contributed by atoms with E-state index in [-0.39, 0.29) is 5.37 Å². The Hall–Kier alpha value is -2.35. The Morgan fingerprint density at radius 1 is 1.08 bits per heavy atom. The second kappa shape index (κ2) is 5.87. The summed E-state index contributed by atoms with van der Waals surface area (Å²) in [4.78, 5) is 52.3. The first-order chi connectivity index (χ1) is 12.0. The lowest BCUT2D eigenvalue weighted by molar-refractivity contribution is -0.150. The standard InChI is InChI=1S/C17H16N2O5S/c20-14-9-4-1-2-5-10(9)15(21)19(14)11-6-3-7-13-18(16(11)22)12(8-25-13)17(23)24/h1-2,4-5,11-13H,3,6-8H2,(H,23,24)/t11-,12-,13+/m0/s1. The van der Waals surface area contributed by atoms with E-state index in [1.54, 1.807) is 24.3 Å². The highest BCUT2D eigenvalue weighted by molar-refractivity contribution is 8.00. The summed E-state index contributed by atoms with van der Waals surface area (Å²) in [5, 5.41) is 9.20. The van der Waals surface area contributed by atoms with Gasteiger partial charge in [-0.2, -0.15) is 0 Å². The van der Waals surface area contributed by atoms with Crippen molar-refractivity contribution in [1.82, 2.24) is 9.80 Å². The Bertz CT molecular complexity index is 760. The summed E-state index contributed by atoms with van der Waals surface area (Å²) in [5.41, 5.74) is 0.596. The van der Waals surface area contributed by atoms with E-state index >= 15 is 0 Å². The number of nitrogens with zero attached hydrogens (tertiary/aromatic N) is 2. The first-order valence-electron chi connectivity index (χ1n) is 8.14. The van der Waals surface area contributed by atoms with Crippen molar-refractivity contribution in [2.45, 2.75) is 36.7 Å². The van der Waals surface area contributed by atoms with Crippen LogP contribution in [0.25, 0.3) is 0 Å². The van der Waals surface area contributed by atoms with Crippen LogP contribution in [0.4, 0.5) is 0 Å².